The van der Waals surface area contributed by atoms with Crippen molar-refractivity contribution in [2.45, 2.75) is 155 Å². The van der Waals surface area contributed by atoms with E-state index in [2.05, 4.69) is 130 Å². The number of carbonyl (C=O) groups is 3. The molecular formula is C57H82O6. The molecule has 0 aromatic heterocycles. The van der Waals surface area contributed by atoms with Gasteiger partial charge in [-0.1, -0.05) is 197 Å². The van der Waals surface area contributed by atoms with Gasteiger partial charge in [-0.2, -0.15) is 0 Å². The van der Waals surface area contributed by atoms with E-state index in [4.69, 9.17) is 14.2 Å². The molecule has 6 heteroatoms. The zero-order valence-electron chi connectivity index (χ0n) is 39.2. The van der Waals surface area contributed by atoms with Crippen LogP contribution in [0.25, 0.3) is 0 Å². The normalized spacial score (nSPS) is 13.6. The van der Waals surface area contributed by atoms with E-state index in [9.17, 15) is 14.4 Å². The summed E-state index contributed by atoms with van der Waals surface area (Å²) in [6, 6.07) is 0. The van der Waals surface area contributed by atoms with Gasteiger partial charge < -0.3 is 14.2 Å². The summed E-state index contributed by atoms with van der Waals surface area (Å²) >= 11 is 0. The molecule has 0 N–H and O–H groups in total. The Balaban J connectivity index is 4.72. The Labute approximate surface area is 383 Å². The SMILES string of the molecule is CC\C=C/C=C\C=C/C=C\CCCCCC(=O)OCC(COC(=O)CC/C=C\C/C=C\C/C=C\C/C=C\C/C=C\CC)OC(=O)CC/C=C\C/C=C\C/C=C\C/C=C\C/C=C\CC. The molecule has 0 saturated heterocycles. The molecule has 0 bridgehead atoms. The van der Waals surface area contributed by atoms with Crippen molar-refractivity contribution in [3.8, 4) is 0 Å². The fraction of sp³-hybridized carbons (Fsp3) is 0.456. The molecule has 0 spiro atoms. The van der Waals surface area contributed by atoms with Gasteiger partial charge in [-0.25, -0.2) is 0 Å². The first-order valence-corrected chi connectivity index (χ1v) is 23.7. The van der Waals surface area contributed by atoms with Gasteiger partial charge in [0.05, 0.1) is 0 Å². The quantitative estimate of drug-likeness (QED) is 0.0201. The smallest absolute Gasteiger partial charge is 0.306 e. The van der Waals surface area contributed by atoms with Gasteiger partial charge in [-0.05, 0) is 103 Å². The Morgan fingerprint density at radius 1 is 0.333 bits per heavy atom. The molecule has 0 aliphatic carbocycles. The van der Waals surface area contributed by atoms with Gasteiger partial charge in [-0.3, -0.25) is 14.4 Å². The fourth-order valence-corrected chi connectivity index (χ4v) is 5.37. The first-order valence-electron chi connectivity index (χ1n) is 23.7. The summed E-state index contributed by atoms with van der Waals surface area (Å²) in [4.78, 5) is 37.8. The predicted molar refractivity (Wildman–Crippen MR) is 269 cm³/mol. The summed E-state index contributed by atoms with van der Waals surface area (Å²) in [6.45, 7) is 6.05. The van der Waals surface area contributed by atoms with Crippen LogP contribution in [0.15, 0.2) is 170 Å². The standard InChI is InChI=1S/C57H82O6/c1-4-7-10-13-16-19-22-25-27-29-32-35-38-41-44-47-50-56(59)62-53-54(52-61-55(58)49-46-43-40-37-34-31-24-21-18-15-12-9-6-3)63-57(60)51-48-45-42-39-36-33-30-28-26-23-20-17-14-11-8-5-2/h7-12,15-21,24-28,31-36,41-42,44-45,54H,4-6,13-14,22-23,29-30,37-40,43,46-53H2,1-3H3/b10-7-,11-8-,12-9-,18-15-,19-16-,20-17-,24-21-,27-25-,28-26-,34-31-,35-32-,36-33-,44-41-,45-42-. The largest absolute Gasteiger partial charge is 0.462 e. The van der Waals surface area contributed by atoms with E-state index in [1.807, 2.05) is 60.8 Å². The second-order valence-electron chi connectivity index (χ2n) is 14.6. The van der Waals surface area contributed by atoms with Crippen LogP contribution in [-0.2, 0) is 28.6 Å². The van der Waals surface area contributed by atoms with Crippen LogP contribution < -0.4 is 0 Å². The Kier molecular flexibility index (Phi) is 45.3. The molecule has 6 nitrogen and oxygen atoms in total. The zero-order chi connectivity index (χ0) is 45.8. The lowest BCUT2D eigenvalue weighted by molar-refractivity contribution is -0.166. The van der Waals surface area contributed by atoms with E-state index in [0.29, 0.717) is 19.3 Å². The minimum atomic E-state index is -0.872. The minimum absolute atomic E-state index is 0.161. The van der Waals surface area contributed by atoms with Crippen molar-refractivity contribution >= 4 is 17.9 Å². The van der Waals surface area contributed by atoms with Gasteiger partial charge >= 0.3 is 17.9 Å². The van der Waals surface area contributed by atoms with Crippen LogP contribution in [0.1, 0.15) is 149 Å². The van der Waals surface area contributed by atoms with Crippen LogP contribution in [-0.4, -0.2) is 37.2 Å². The lowest BCUT2D eigenvalue weighted by Crippen LogP contribution is -2.30. The van der Waals surface area contributed by atoms with Gasteiger partial charge in [0.2, 0.25) is 0 Å². The van der Waals surface area contributed by atoms with Crippen molar-refractivity contribution in [3.05, 3.63) is 170 Å². The van der Waals surface area contributed by atoms with Gasteiger partial charge in [0, 0.05) is 19.3 Å². The van der Waals surface area contributed by atoms with Gasteiger partial charge in [0.1, 0.15) is 13.2 Å². The van der Waals surface area contributed by atoms with E-state index in [-0.39, 0.29) is 38.4 Å². The first kappa shape index (κ1) is 57.8. The molecule has 346 valence electrons. The monoisotopic (exact) mass is 863 g/mol. The van der Waals surface area contributed by atoms with Crippen LogP contribution in [0.5, 0.6) is 0 Å². The third-order valence-electron chi connectivity index (χ3n) is 8.82. The van der Waals surface area contributed by atoms with Crippen LogP contribution >= 0.6 is 0 Å². The Hall–Kier alpha value is -5.23. The number of hydrogen-bond acceptors (Lipinski definition) is 6. The molecule has 0 aromatic rings. The highest BCUT2D eigenvalue weighted by Gasteiger charge is 2.19. The fourth-order valence-electron chi connectivity index (χ4n) is 5.37. The van der Waals surface area contributed by atoms with E-state index in [0.717, 1.165) is 89.9 Å². The number of allylic oxidation sites excluding steroid dienone is 28. The Bertz CT molecular complexity index is 1550. The summed E-state index contributed by atoms with van der Waals surface area (Å²) in [5, 5.41) is 0. The van der Waals surface area contributed by atoms with Crippen molar-refractivity contribution in [1.82, 2.24) is 0 Å². The summed E-state index contributed by atoms with van der Waals surface area (Å²) in [5.74, 6) is -1.19. The molecule has 0 aromatic carbocycles. The van der Waals surface area contributed by atoms with E-state index in [1.54, 1.807) is 0 Å². The maximum Gasteiger partial charge on any atom is 0.306 e. The lowest BCUT2D eigenvalue weighted by atomic mass is 10.1. The summed E-state index contributed by atoms with van der Waals surface area (Å²) in [6.07, 6.45) is 73.6. The molecule has 0 saturated carbocycles. The zero-order valence-corrected chi connectivity index (χ0v) is 39.2. The maximum absolute atomic E-state index is 12.7. The van der Waals surface area contributed by atoms with E-state index < -0.39 is 18.0 Å². The average molecular weight is 863 g/mol. The highest BCUT2D eigenvalue weighted by molar-refractivity contribution is 5.71. The maximum atomic E-state index is 12.7. The van der Waals surface area contributed by atoms with Crippen molar-refractivity contribution in [2.75, 3.05) is 13.2 Å². The predicted octanol–water partition coefficient (Wildman–Crippen LogP) is 15.6. The Morgan fingerprint density at radius 3 is 1.11 bits per heavy atom. The number of ether oxygens (including phenoxy) is 3. The molecule has 0 amide bonds. The second-order valence-corrected chi connectivity index (χ2v) is 14.6. The molecule has 1 unspecified atom stereocenters. The van der Waals surface area contributed by atoms with Crippen LogP contribution in [0, 0.1) is 0 Å². The van der Waals surface area contributed by atoms with Crippen molar-refractivity contribution in [1.29, 1.82) is 0 Å². The third-order valence-corrected chi connectivity index (χ3v) is 8.82. The highest BCUT2D eigenvalue weighted by atomic mass is 16.6. The van der Waals surface area contributed by atoms with E-state index >= 15 is 0 Å². The summed E-state index contributed by atoms with van der Waals surface area (Å²) in [7, 11) is 0. The van der Waals surface area contributed by atoms with E-state index in [1.165, 1.54) is 0 Å². The van der Waals surface area contributed by atoms with Gasteiger partial charge in [0.25, 0.3) is 0 Å². The van der Waals surface area contributed by atoms with Crippen LogP contribution in [0.3, 0.4) is 0 Å². The topological polar surface area (TPSA) is 78.9 Å². The molecule has 0 radical (unpaired) electrons. The van der Waals surface area contributed by atoms with Crippen LogP contribution in [0.4, 0.5) is 0 Å². The third kappa shape index (κ3) is 47.7. The van der Waals surface area contributed by atoms with Crippen molar-refractivity contribution in [3.63, 3.8) is 0 Å². The van der Waals surface area contributed by atoms with Gasteiger partial charge in [-0.15, -0.1) is 0 Å². The molecule has 63 heavy (non-hydrogen) atoms. The van der Waals surface area contributed by atoms with Crippen LogP contribution in [0.2, 0.25) is 0 Å². The van der Waals surface area contributed by atoms with Crippen molar-refractivity contribution < 1.29 is 28.6 Å². The number of esters is 3. The second kappa shape index (κ2) is 49.4. The average Bonchev–Trinajstić information content (AvgIpc) is 3.28. The summed E-state index contributed by atoms with van der Waals surface area (Å²) < 4.78 is 16.6. The van der Waals surface area contributed by atoms with Gasteiger partial charge in [0.15, 0.2) is 6.10 Å². The molecule has 0 aliphatic heterocycles. The number of carbonyl (C=O) groups excluding carboxylic acids is 3. The molecule has 1 atom stereocenters. The van der Waals surface area contributed by atoms with Crippen molar-refractivity contribution in [2.24, 2.45) is 0 Å². The summed E-state index contributed by atoms with van der Waals surface area (Å²) in [5.41, 5.74) is 0. The molecule has 0 rings (SSSR count). The number of unbranched alkanes of at least 4 members (excludes halogenated alkanes) is 3. The number of rotatable bonds is 39. The lowest BCUT2D eigenvalue weighted by Gasteiger charge is -2.18. The molecule has 0 fully saturated rings. The molecule has 0 aliphatic rings. The molecular weight excluding hydrogens is 781 g/mol. The first-order chi connectivity index (χ1) is 31.0. The molecule has 0 heterocycles. The minimum Gasteiger partial charge on any atom is -0.462 e. The highest BCUT2D eigenvalue weighted by Crippen LogP contribution is 2.08. The number of hydrogen-bond donors (Lipinski definition) is 0. The Morgan fingerprint density at radius 2 is 0.683 bits per heavy atom.